The number of ether oxygens (including phenoxy) is 3. The van der Waals surface area contributed by atoms with Crippen molar-refractivity contribution in [1.29, 1.82) is 0 Å². The third-order valence-corrected chi connectivity index (χ3v) is 3.62. The van der Waals surface area contributed by atoms with Gasteiger partial charge in [0.05, 0.1) is 37.1 Å². The lowest BCUT2D eigenvalue weighted by Crippen LogP contribution is -1.97. The number of halogens is 1. The summed E-state index contributed by atoms with van der Waals surface area (Å²) >= 11 is 3.42. The number of methoxy groups -OCH3 is 3. The highest BCUT2D eigenvalue weighted by atomic mass is 79.9. The molecule has 1 aromatic heterocycles. The number of hydrogen-bond acceptors (Lipinski definition) is 5. The Morgan fingerprint density at radius 3 is 2.33 bits per heavy atom. The Bertz CT molecular complexity index is 683. The second-order valence-corrected chi connectivity index (χ2v) is 4.77. The maximum Gasteiger partial charge on any atom is 0.353 e. The summed E-state index contributed by atoms with van der Waals surface area (Å²) in [5.41, 5.74) is 0.963. The van der Waals surface area contributed by atoms with Gasteiger partial charge in [0.1, 0.15) is 11.4 Å². The van der Waals surface area contributed by atoms with Crippen LogP contribution >= 0.6 is 15.9 Å². The van der Waals surface area contributed by atoms with Gasteiger partial charge in [-0.25, -0.2) is 4.79 Å². The average Bonchev–Trinajstić information content (AvgIpc) is 2.95. The van der Waals surface area contributed by atoms with Gasteiger partial charge in [-0.3, -0.25) is 5.10 Å². The molecule has 0 fully saturated rings. The van der Waals surface area contributed by atoms with Crippen molar-refractivity contribution in [3.05, 3.63) is 22.3 Å². The monoisotopic (exact) mass is 356 g/mol. The van der Waals surface area contributed by atoms with Crippen molar-refractivity contribution in [3.63, 3.8) is 0 Å². The molecule has 0 aliphatic rings. The van der Waals surface area contributed by atoms with Crippen molar-refractivity contribution in [2.45, 2.75) is 0 Å². The minimum absolute atomic E-state index is 0.0197. The van der Waals surface area contributed by atoms with Crippen LogP contribution in [0.15, 0.2) is 16.6 Å². The number of hydrogen-bond donors (Lipinski definition) is 2. The Balaban J connectivity index is 2.68. The highest BCUT2D eigenvalue weighted by molar-refractivity contribution is 9.10. The molecule has 8 heteroatoms. The number of rotatable bonds is 5. The van der Waals surface area contributed by atoms with Crippen LogP contribution in [0.25, 0.3) is 11.3 Å². The number of carboxylic acid groups (broad SMARTS) is 1. The minimum Gasteiger partial charge on any atom is -0.496 e. The third kappa shape index (κ3) is 2.66. The van der Waals surface area contributed by atoms with Gasteiger partial charge in [0, 0.05) is 6.07 Å². The number of carboxylic acids is 1. The van der Waals surface area contributed by atoms with Gasteiger partial charge in [-0.15, -0.1) is 0 Å². The van der Waals surface area contributed by atoms with E-state index < -0.39 is 5.97 Å². The van der Waals surface area contributed by atoms with E-state index in [1.807, 2.05) is 0 Å². The Hall–Kier alpha value is -2.22. The summed E-state index contributed by atoms with van der Waals surface area (Å²) in [6.07, 6.45) is 0. The zero-order valence-electron chi connectivity index (χ0n) is 11.6. The number of aromatic carboxylic acids is 1. The predicted octanol–water partition coefficient (Wildman–Crippen LogP) is 2.56. The minimum atomic E-state index is -1.09. The van der Waals surface area contributed by atoms with Gasteiger partial charge in [-0.1, -0.05) is 0 Å². The van der Waals surface area contributed by atoms with E-state index in [1.54, 1.807) is 6.07 Å². The fourth-order valence-electron chi connectivity index (χ4n) is 1.89. The number of carbonyl (C=O) groups is 1. The van der Waals surface area contributed by atoms with Crippen molar-refractivity contribution in [3.8, 4) is 28.5 Å². The maximum atomic E-state index is 10.9. The first-order valence-corrected chi connectivity index (χ1v) is 6.60. The largest absolute Gasteiger partial charge is 0.496 e. The molecule has 2 aromatic rings. The Morgan fingerprint density at radius 1 is 1.19 bits per heavy atom. The Kier molecular flexibility index (Phi) is 4.37. The van der Waals surface area contributed by atoms with Gasteiger partial charge in [-0.2, -0.15) is 5.10 Å². The molecule has 1 aromatic carbocycles. The fraction of sp³-hybridized carbons (Fsp3) is 0.231. The molecule has 0 bridgehead atoms. The lowest BCUT2D eigenvalue weighted by atomic mass is 10.1. The molecule has 2 N–H and O–H groups in total. The van der Waals surface area contributed by atoms with Gasteiger partial charge in [0.15, 0.2) is 11.5 Å². The molecule has 21 heavy (non-hydrogen) atoms. The lowest BCUT2D eigenvalue weighted by Gasteiger charge is -2.15. The molecule has 0 aliphatic carbocycles. The summed E-state index contributed by atoms with van der Waals surface area (Å²) < 4.78 is 16.4. The molecule has 0 aliphatic heterocycles. The molecular weight excluding hydrogens is 344 g/mol. The summed E-state index contributed by atoms with van der Waals surface area (Å²) in [5, 5.41) is 15.4. The van der Waals surface area contributed by atoms with E-state index in [1.165, 1.54) is 27.4 Å². The van der Waals surface area contributed by atoms with Crippen LogP contribution in [0.2, 0.25) is 0 Å². The molecule has 7 nitrogen and oxygen atoms in total. The van der Waals surface area contributed by atoms with Crippen molar-refractivity contribution < 1.29 is 24.1 Å². The van der Waals surface area contributed by atoms with E-state index in [2.05, 4.69) is 26.1 Å². The molecule has 112 valence electrons. The van der Waals surface area contributed by atoms with Gasteiger partial charge in [-0.05, 0) is 22.0 Å². The molecule has 2 rings (SSSR count). The number of nitrogens with one attached hydrogen (secondary N) is 1. The van der Waals surface area contributed by atoms with Crippen LogP contribution in [0.3, 0.4) is 0 Å². The highest BCUT2D eigenvalue weighted by Gasteiger charge is 2.22. The van der Waals surface area contributed by atoms with Crippen LogP contribution < -0.4 is 14.2 Å². The maximum absolute atomic E-state index is 10.9. The topological polar surface area (TPSA) is 93.7 Å². The summed E-state index contributed by atoms with van der Waals surface area (Å²) in [7, 11) is 4.52. The normalized spacial score (nSPS) is 10.3. The van der Waals surface area contributed by atoms with Crippen LogP contribution in [0.4, 0.5) is 0 Å². The first-order chi connectivity index (χ1) is 10.0. The number of nitrogens with zero attached hydrogens (tertiary/aromatic N) is 1. The molecule has 0 unspecified atom stereocenters. The van der Waals surface area contributed by atoms with E-state index in [-0.39, 0.29) is 5.69 Å². The van der Waals surface area contributed by atoms with E-state index in [4.69, 9.17) is 19.3 Å². The summed E-state index contributed by atoms with van der Waals surface area (Å²) in [5.74, 6) is 0.333. The first kappa shape index (κ1) is 15.2. The van der Waals surface area contributed by atoms with Crippen molar-refractivity contribution in [2.75, 3.05) is 21.3 Å². The summed E-state index contributed by atoms with van der Waals surface area (Å²) in [6, 6.07) is 3.06. The lowest BCUT2D eigenvalue weighted by molar-refractivity contribution is 0.0690. The molecule has 0 saturated heterocycles. The average molecular weight is 357 g/mol. The van der Waals surface area contributed by atoms with Crippen LogP contribution in [0.5, 0.6) is 17.2 Å². The predicted molar refractivity (Wildman–Crippen MR) is 78.3 cm³/mol. The smallest absolute Gasteiger partial charge is 0.353 e. The molecular formula is C13H13BrN2O5. The van der Waals surface area contributed by atoms with E-state index in [9.17, 15) is 4.79 Å². The number of benzene rings is 1. The van der Waals surface area contributed by atoms with Crippen LogP contribution in [-0.2, 0) is 0 Å². The van der Waals surface area contributed by atoms with E-state index in [0.29, 0.717) is 33.0 Å². The van der Waals surface area contributed by atoms with E-state index >= 15 is 0 Å². The second kappa shape index (κ2) is 6.04. The Morgan fingerprint density at radius 2 is 1.86 bits per heavy atom. The summed E-state index contributed by atoms with van der Waals surface area (Å²) in [4.78, 5) is 10.9. The molecule has 1 heterocycles. The molecule has 0 spiro atoms. The van der Waals surface area contributed by atoms with Crippen LogP contribution in [0.1, 0.15) is 10.5 Å². The zero-order valence-corrected chi connectivity index (χ0v) is 13.1. The number of aromatic nitrogens is 2. The highest BCUT2D eigenvalue weighted by Crippen LogP contribution is 2.47. The SMILES string of the molecule is COc1cc(OC)c(-c2cc(C(=O)O)[nH]n2)c(Br)c1OC. The first-order valence-electron chi connectivity index (χ1n) is 5.81. The van der Waals surface area contributed by atoms with Gasteiger partial charge in [0.25, 0.3) is 0 Å². The van der Waals surface area contributed by atoms with E-state index in [0.717, 1.165) is 0 Å². The van der Waals surface area contributed by atoms with Crippen LogP contribution in [-0.4, -0.2) is 42.6 Å². The van der Waals surface area contributed by atoms with Gasteiger partial charge >= 0.3 is 5.97 Å². The molecule has 0 saturated carbocycles. The standard InChI is InChI=1S/C13H13BrN2O5/c1-19-8-5-9(20-2)12(21-3)11(14)10(8)6-4-7(13(17)18)16-15-6/h4-5H,1-3H3,(H,15,16)(H,17,18). The summed E-state index contributed by atoms with van der Waals surface area (Å²) in [6.45, 7) is 0. The van der Waals surface area contributed by atoms with Crippen LogP contribution in [0, 0.1) is 0 Å². The van der Waals surface area contributed by atoms with Crippen molar-refractivity contribution >= 4 is 21.9 Å². The van der Waals surface area contributed by atoms with Gasteiger partial charge in [0.2, 0.25) is 0 Å². The molecule has 0 radical (unpaired) electrons. The molecule has 0 amide bonds. The van der Waals surface area contributed by atoms with Crippen molar-refractivity contribution in [1.82, 2.24) is 10.2 Å². The second-order valence-electron chi connectivity index (χ2n) is 3.98. The molecule has 0 atom stereocenters. The quantitative estimate of drug-likeness (QED) is 0.854. The fourth-order valence-corrected chi connectivity index (χ4v) is 2.64. The number of H-pyrrole nitrogens is 1. The number of aromatic amines is 1. The Labute approximate surface area is 129 Å². The third-order valence-electron chi connectivity index (χ3n) is 2.86. The zero-order chi connectivity index (χ0) is 15.6. The van der Waals surface area contributed by atoms with Crippen molar-refractivity contribution in [2.24, 2.45) is 0 Å². The van der Waals surface area contributed by atoms with Gasteiger partial charge < -0.3 is 19.3 Å².